The molecule has 2 saturated carbocycles. The minimum atomic E-state index is -0.385. The summed E-state index contributed by atoms with van der Waals surface area (Å²) in [7, 11) is 0. The minimum Gasteiger partial charge on any atom is -0.388 e. The van der Waals surface area contributed by atoms with Gasteiger partial charge in [0.25, 0.3) is 23.6 Å². The highest BCUT2D eigenvalue weighted by atomic mass is 16.2. The molecule has 46 heavy (non-hydrogen) atoms. The molecule has 14 heteroatoms. The predicted molar refractivity (Wildman–Crippen MR) is 174 cm³/mol. The Balaban J connectivity index is 1.23. The third-order valence-electron chi connectivity index (χ3n) is 7.95. The topological polar surface area (TPSA) is 226 Å². The first-order valence-electron chi connectivity index (χ1n) is 15.4. The maximum Gasteiger partial charge on any atom is 0.267 e. The van der Waals surface area contributed by atoms with Gasteiger partial charge in [-0.3, -0.25) is 30.0 Å². The average molecular weight is 629 g/mol. The van der Waals surface area contributed by atoms with Gasteiger partial charge in [-0.1, -0.05) is 0 Å². The van der Waals surface area contributed by atoms with Crippen molar-refractivity contribution in [2.75, 3.05) is 23.7 Å². The summed E-state index contributed by atoms with van der Waals surface area (Å²) in [6.07, 6.45) is 4.73. The van der Waals surface area contributed by atoms with Crippen molar-refractivity contribution in [1.29, 1.82) is 10.8 Å². The van der Waals surface area contributed by atoms with Crippen LogP contribution in [0.5, 0.6) is 0 Å². The first kappa shape index (κ1) is 32.0. The highest BCUT2D eigenvalue weighted by Crippen LogP contribution is 2.34. The monoisotopic (exact) mass is 628 g/mol. The van der Waals surface area contributed by atoms with E-state index < -0.39 is 0 Å². The van der Waals surface area contributed by atoms with Gasteiger partial charge in [0.15, 0.2) is 0 Å². The number of amides is 4. The number of nitrogens with two attached hydrogens (primary N) is 2. The summed E-state index contributed by atoms with van der Waals surface area (Å²) in [5.41, 5.74) is 12.3. The van der Waals surface area contributed by atoms with Crippen molar-refractivity contribution < 1.29 is 19.2 Å². The first-order valence-corrected chi connectivity index (χ1v) is 15.4. The van der Waals surface area contributed by atoms with Crippen LogP contribution in [-0.4, -0.2) is 57.5 Å². The SMILES string of the molecule is N=C(N)CCNC(=O)c1ccc(NC(=O)c2ccc(C(=O)Nc3ccc(C(=O)NCCC(=N)N)n3CC3CC3)cc2)n1CC1CC1. The molecule has 0 spiro atoms. The Bertz CT molecular complexity index is 1530. The quantitative estimate of drug-likeness (QED) is 0.0878. The second-order valence-corrected chi connectivity index (χ2v) is 11.9. The van der Waals surface area contributed by atoms with Crippen LogP contribution in [0.2, 0.25) is 0 Å². The van der Waals surface area contributed by atoms with Gasteiger partial charge in [-0.2, -0.15) is 0 Å². The van der Waals surface area contributed by atoms with E-state index in [-0.39, 0.29) is 61.2 Å². The lowest BCUT2D eigenvalue weighted by Crippen LogP contribution is -2.30. The average Bonchev–Trinajstić information content (AvgIpc) is 3.94. The van der Waals surface area contributed by atoms with Crippen molar-refractivity contribution in [2.45, 2.75) is 51.6 Å². The highest BCUT2D eigenvalue weighted by Gasteiger charge is 2.27. The van der Waals surface area contributed by atoms with Crippen molar-refractivity contribution in [3.05, 3.63) is 71.0 Å². The number of nitrogens with one attached hydrogen (secondary N) is 6. The molecule has 5 rings (SSSR count). The van der Waals surface area contributed by atoms with Gasteiger partial charge in [0.1, 0.15) is 23.0 Å². The van der Waals surface area contributed by atoms with Crippen molar-refractivity contribution in [2.24, 2.45) is 23.3 Å². The standard InChI is InChI=1S/C32H40N10O4/c33-25(34)13-15-37-31(45)23-9-11-27(41(23)17-19-1-2-19)39-29(43)21-5-7-22(8-6-21)30(44)40-28-12-10-24(42(28)18-20-3-4-20)32(46)38-16-14-26(35)36/h5-12,19-20H,1-4,13-18H2,(H3,33,34)(H3,35,36)(H,37,45)(H,38,46)(H,39,43)(H,40,44). The van der Waals surface area contributed by atoms with E-state index in [9.17, 15) is 19.2 Å². The number of carbonyl (C=O) groups is 4. The fourth-order valence-electron chi connectivity index (χ4n) is 5.01. The Morgan fingerprint density at radius 3 is 1.30 bits per heavy atom. The fraction of sp³-hybridized carbons (Fsp3) is 0.375. The van der Waals surface area contributed by atoms with E-state index in [2.05, 4.69) is 21.3 Å². The molecule has 4 amide bonds. The number of carbonyl (C=O) groups excluding carboxylic acids is 4. The van der Waals surface area contributed by atoms with Gasteiger partial charge < -0.3 is 41.9 Å². The molecule has 2 heterocycles. The number of hydrogen-bond acceptors (Lipinski definition) is 6. The normalized spacial score (nSPS) is 13.9. The van der Waals surface area contributed by atoms with E-state index >= 15 is 0 Å². The molecule has 0 saturated heterocycles. The summed E-state index contributed by atoms with van der Waals surface area (Å²) in [5.74, 6) is 0.466. The molecule has 14 nitrogen and oxygen atoms in total. The fourth-order valence-corrected chi connectivity index (χ4v) is 5.01. The van der Waals surface area contributed by atoms with Crippen LogP contribution in [0.3, 0.4) is 0 Å². The van der Waals surface area contributed by atoms with E-state index in [1.54, 1.807) is 57.7 Å². The Morgan fingerprint density at radius 1 is 0.609 bits per heavy atom. The van der Waals surface area contributed by atoms with Crippen LogP contribution in [-0.2, 0) is 13.1 Å². The smallest absolute Gasteiger partial charge is 0.267 e. The second-order valence-electron chi connectivity index (χ2n) is 11.9. The lowest BCUT2D eigenvalue weighted by Gasteiger charge is -2.15. The zero-order chi connectivity index (χ0) is 32.8. The molecule has 2 fully saturated rings. The maximum atomic E-state index is 13.2. The number of hydrogen-bond donors (Lipinski definition) is 8. The van der Waals surface area contributed by atoms with E-state index in [0.717, 1.165) is 25.7 Å². The van der Waals surface area contributed by atoms with Gasteiger partial charge in [0.05, 0.1) is 11.7 Å². The van der Waals surface area contributed by atoms with Crippen LogP contribution in [0.1, 0.15) is 80.2 Å². The Morgan fingerprint density at radius 2 is 0.978 bits per heavy atom. The van der Waals surface area contributed by atoms with Crippen LogP contribution in [0.4, 0.5) is 11.6 Å². The first-order chi connectivity index (χ1) is 22.1. The molecule has 2 aliphatic rings. The summed E-state index contributed by atoms with van der Waals surface area (Å²) in [6.45, 7) is 1.69. The summed E-state index contributed by atoms with van der Waals surface area (Å²) in [6, 6.07) is 12.9. The van der Waals surface area contributed by atoms with E-state index in [0.29, 0.717) is 59.1 Å². The molecule has 0 atom stereocenters. The van der Waals surface area contributed by atoms with Gasteiger partial charge >= 0.3 is 0 Å². The molecule has 0 unspecified atom stereocenters. The van der Waals surface area contributed by atoms with Crippen LogP contribution in [0, 0.1) is 22.7 Å². The van der Waals surface area contributed by atoms with Crippen molar-refractivity contribution in [3.8, 4) is 0 Å². The van der Waals surface area contributed by atoms with E-state index in [1.165, 1.54) is 0 Å². The maximum absolute atomic E-state index is 13.2. The zero-order valence-electron chi connectivity index (χ0n) is 25.5. The number of rotatable bonds is 16. The van der Waals surface area contributed by atoms with Crippen LogP contribution in [0.15, 0.2) is 48.5 Å². The molecule has 3 aromatic rings. The summed E-state index contributed by atoms with van der Waals surface area (Å²) in [5, 5.41) is 26.0. The molecule has 0 aliphatic heterocycles. The summed E-state index contributed by atoms with van der Waals surface area (Å²) in [4.78, 5) is 51.9. The molecule has 2 aromatic heterocycles. The largest absolute Gasteiger partial charge is 0.388 e. The number of nitrogens with zero attached hydrogens (tertiary/aromatic N) is 2. The molecule has 10 N–H and O–H groups in total. The molecule has 2 aliphatic carbocycles. The Labute approximate surface area is 266 Å². The lowest BCUT2D eigenvalue weighted by atomic mass is 10.1. The second kappa shape index (κ2) is 14.1. The number of benzene rings is 1. The summed E-state index contributed by atoms with van der Waals surface area (Å²) >= 11 is 0. The predicted octanol–water partition coefficient (Wildman–Crippen LogP) is 2.73. The van der Waals surface area contributed by atoms with E-state index in [1.807, 2.05) is 0 Å². The van der Waals surface area contributed by atoms with Gasteiger partial charge in [-0.15, -0.1) is 0 Å². The van der Waals surface area contributed by atoms with Gasteiger partial charge in [0, 0.05) is 50.1 Å². The van der Waals surface area contributed by atoms with Gasteiger partial charge in [-0.05, 0) is 86.1 Å². The zero-order valence-corrected chi connectivity index (χ0v) is 25.5. The number of aromatic nitrogens is 2. The summed E-state index contributed by atoms with van der Waals surface area (Å²) < 4.78 is 3.60. The minimum absolute atomic E-state index is 0.00916. The Kier molecular flexibility index (Phi) is 9.84. The van der Waals surface area contributed by atoms with Gasteiger partial charge in [-0.25, -0.2) is 0 Å². The number of anilines is 2. The molecular weight excluding hydrogens is 588 g/mol. The van der Waals surface area contributed by atoms with Crippen molar-refractivity contribution >= 4 is 46.9 Å². The molecule has 242 valence electrons. The highest BCUT2D eigenvalue weighted by molar-refractivity contribution is 6.07. The third-order valence-corrected chi connectivity index (χ3v) is 7.95. The molecule has 0 bridgehead atoms. The van der Waals surface area contributed by atoms with Gasteiger partial charge in [0.2, 0.25) is 0 Å². The number of amidine groups is 2. The van der Waals surface area contributed by atoms with Crippen LogP contribution < -0.4 is 32.7 Å². The molecular formula is C32H40N10O4. The van der Waals surface area contributed by atoms with Crippen molar-refractivity contribution in [1.82, 2.24) is 19.8 Å². The van der Waals surface area contributed by atoms with E-state index in [4.69, 9.17) is 22.3 Å². The van der Waals surface area contributed by atoms with Crippen molar-refractivity contribution in [3.63, 3.8) is 0 Å². The third kappa shape index (κ3) is 8.40. The van der Waals surface area contributed by atoms with Crippen LogP contribution in [0.25, 0.3) is 0 Å². The lowest BCUT2D eigenvalue weighted by molar-refractivity contribution is 0.0937. The van der Waals surface area contributed by atoms with Crippen LogP contribution >= 0.6 is 0 Å². The molecule has 0 radical (unpaired) electrons. The molecule has 1 aromatic carbocycles. The Hall–Kier alpha value is -5.40.